The summed E-state index contributed by atoms with van der Waals surface area (Å²) in [6.45, 7) is 2.08. The van der Waals surface area contributed by atoms with E-state index in [0.717, 1.165) is 32.0 Å². The van der Waals surface area contributed by atoms with Crippen LogP contribution in [-0.4, -0.2) is 50.6 Å². The Morgan fingerprint density at radius 3 is 1.93 bits per heavy atom. The molecular formula is C20H34N2O7. The summed E-state index contributed by atoms with van der Waals surface area (Å²) in [5, 5.41) is 42.9. The van der Waals surface area contributed by atoms with Crippen molar-refractivity contribution in [2.24, 2.45) is 0 Å². The third-order valence-electron chi connectivity index (χ3n) is 4.67. The molecule has 4 atom stereocenters. The zero-order valence-electron chi connectivity index (χ0n) is 17.1. The van der Waals surface area contributed by atoms with Gasteiger partial charge in [-0.1, -0.05) is 44.1 Å². The Bertz CT molecular complexity index is 537. The van der Waals surface area contributed by atoms with Crippen LogP contribution in [-0.2, 0) is 4.79 Å². The van der Waals surface area contributed by atoms with Crippen molar-refractivity contribution in [3.63, 3.8) is 0 Å². The van der Waals surface area contributed by atoms with Crippen LogP contribution in [0.15, 0.2) is 24.3 Å². The number of hydrogen-bond acceptors (Lipinski definition) is 7. The van der Waals surface area contributed by atoms with Crippen molar-refractivity contribution in [1.29, 1.82) is 0 Å². The van der Waals surface area contributed by atoms with E-state index in [2.05, 4.69) is 6.92 Å². The highest BCUT2D eigenvalue weighted by molar-refractivity contribution is 5.49. The lowest BCUT2D eigenvalue weighted by Crippen LogP contribution is -2.42. The van der Waals surface area contributed by atoms with E-state index in [1.165, 1.54) is 0 Å². The SMILES string of the molecule is CCCCC/C=C\CC(C(O)CC(C(O)C/C=C\CCCC=O)[N+](=O)[O-])[N+](=O)[O-]. The molecule has 0 aromatic heterocycles. The first kappa shape index (κ1) is 26.9. The third kappa shape index (κ3) is 12.8. The fourth-order valence-electron chi connectivity index (χ4n) is 2.87. The van der Waals surface area contributed by atoms with Crippen molar-refractivity contribution in [2.45, 2.75) is 95.4 Å². The molecule has 0 aromatic rings. The monoisotopic (exact) mass is 414 g/mol. The number of unbranched alkanes of at least 4 members (excludes halogenated alkanes) is 5. The number of allylic oxidation sites excluding steroid dienone is 2. The van der Waals surface area contributed by atoms with Gasteiger partial charge in [-0.15, -0.1) is 0 Å². The number of nitro groups is 2. The first-order valence-electron chi connectivity index (χ1n) is 10.2. The fraction of sp³-hybridized carbons (Fsp3) is 0.750. The summed E-state index contributed by atoms with van der Waals surface area (Å²) in [5.74, 6) is 0. The first-order chi connectivity index (χ1) is 13.8. The molecule has 0 saturated heterocycles. The van der Waals surface area contributed by atoms with Gasteiger partial charge >= 0.3 is 0 Å². The molecule has 0 aliphatic rings. The third-order valence-corrected chi connectivity index (χ3v) is 4.67. The number of carbonyl (C=O) groups is 1. The van der Waals surface area contributed by atoms with Crippen LogP contribution in [0, 0.1) is 20.2 Å². The van der Waals surface area contributed by atoms with Gasteiger partial charge in [0, 0.05) is 22.7 Å². The number of aliphatic hydroxyl groups is 2. The minimum absolute atomic E-state index is 0.0000811. The first-order valence-corrected chi connectivity index (χ1v) is 10.2. The summed E-state index contributed by atoms with van der Waals surface area (Å²) in [6.07, 6.45) is 9.78. The molecule has 4 unspecified atom stereocenters. The molecule has 166 valence electrons. The van der Waals surface area contributed by atoms with Crippen molar-refractivity contribution in [2.75, 3.05) is 0 Å². The molecular weight excluding hydrogens is 380 g/mol. The summed E-state index contributed by atoms with van der Waals surface area (Å²) in [5.41, 5.74) is 0. The van der Waals surface area contributed by atoms with Gasteiger partial charge in [-0.2, -0.15) is 0 Å². The zero-order valence-corrected chi connectivity index (χ0v) is 17.1. The van der Waals surface area contributed by atoms with E-state index in [1.807, 2.05) is 6.08 Å². The Balaban J connectivity index is 4.71. The maximum atomic E-state index is 11.3. The van der Waals surface area contributed by atoms with E-state index in [0.29, 0.717) is 19.3 Å². The Labute approximate surface area is 171 Å². The average Bonchev–Trinajstić information content (AvgIpc) is 2.67. The Kier molecular flexibility index (Phi) is 15.6. The second-order valence-electron chi connectivity index (χ2n) is 7.08. The number of aldehydes is 1. The average molecular weight is 414 g/mol. The lowest BCUT2D eigenvalue weighted by Gasteiger charge is -2.20. The van der Waals surface area contributed by atoms with E-state index < -0.39 is 40.6 Å². The van der Waals surface area contributed by atoms with Gasteiger partial charge in [0.25, 0.3) is 0 Å². The Morgan fingerprint density at radius 1 is 0.793 bits per heavy atom. The lowest BCUT2D eigenvalue weighted by molar-refractivity contribution is -0.553. The molecule has 0 aliphatic heterocycles. The molecule has 0 heterocycles. The molecule has 0 radical (unpaired) electrons. The van der Waals surface area contributed by atoms with E-state index in [9.17, 15) is 35.2 Å². The van der Waals surface area contributed by atoms with Gasteiger partial charge in [0.05, 0.1) is 6.42 Å². The number of carbonyl (C=O) groups excluding carboxylic acids is 1. The summed E-state index contributed by atoms with van der Waals surface area (Å²) in [4.78, 5) is 31.5. The van der Waals surface area contributed by atoms with Crippen LogP contribution in [0.1, 0.15) is 71.1 Å². The van der Waals surface area contributed by atoms with E-state index in [1.54, 1.807) is 18.2 Å². The smallest absolute Gasteiger partial charge is 0.242 e. The summed E-state index contributed by atoms with van der Waals surface area (Å²) in [7, 11) is 0. The molecule has 0 fully saturated rings. The van der Waals surface area contributed by atoms with Gasteiger partial charge in [0.1, 0.15) is 18.5 Å². The Hall–Kier alpha value is -2.13. The molecule has 0 spiro atoms. The van der Waals surface area contributed by atoms with Crippen molar-refractivity contribution in [1.82, 2.24) is 0 Å². The number of hydrogen-bond donors (Lipinski definition) is 2. The quantitative estimate of drug-likeness (QED) is 0.115. The van der Waals surface area contributed by atoms with Crippen LogP contribution in [0.5, 0.6) is 0 Å². The van der Waals surface area contributed by atoms with Crippen LogP contribution >= 0.6 is 0 Å². The molecule has 0 saturated carbocycles. The second-order valence-corrected chi connectivity index (χ2v) is 7.08. The van der Waals surface area contributed by atoms with Crippen molar-refractivity contribution >= 4 is 6.29 Å². The standard InChI is InChI=1S/C20H34N2O7/c1-2-3-4-5-7-10-13-17(21(26)27)20(25)16-18(22(28)29)19(24)14-11-8-6-9-12-15-23/h7-8,10-11,15,17-20,24-25H,2-6,9,12-14,16H2,1H3/b10-7-,11-8-. The predicted molar refractivity (Wildman–Crippen MR) is 110 cm³/mol. The van der Waals surface area contributed by atoms with Crippen LogP contribution in [0.25, 0.3) is 0 Å². The highest BCUT2D eigenvalue weighted by Gasteiger charge is 2.38. The number of rotatable bonds is 18. The zero-order chi connectivity index (χ0) is 22.1. The topological polar surface area (TPSA) is 144 Å². The number of aliphatic hydroxyl groups excluding tert-OH is 2. The minimum atomic E-state index is -1.54. The van der Waals surface area contributed by atoms with Gasteiger partial charge in [0.2, 0.25) is 12.1 Å². The van der Waals surface area contributed by atoms with Gasteiger partial charge in [0.15, 0.2) is 0 Å². The lowest BCUT2D eigenvalue weighted by atomic mass is 9.96. The van der Waals surface area contributed by atoms with Crippen LogP contribution in [0.2, 0.25) is 0 Å². The predicted octanol–water partition coefficient (Wildman–Crippen LogP) is 3.23. The molecule has 0 amide bonds. The molecule has 0 aromatic carbocycles. The molecule has 29 heavy (non-hydrogen) atoms. The molecule has 0 aliphatic carbocycles. The second kappa shape index (κ2) is 16.8. The van der Waals surface area contributed by atoms with Crippen LogP contribution < -0.4 is 0 Å². The maximum absolute atomic E-state index is 11.3. The molecule has 9 heteroatoms. The summed E-state index contributed by atoms with van der Waals surface area (Å²) >= 11 is 0. The fourth-order valence-corrected chi connectivity index (χ4v) is 2.87. The summed E-state index contributed by atoms with van der Waals surface area (Å²) in [6, 6.07) is -2.86. The largest absolute Gasteiger partial charge is 0.386 e. The van der Waals surface area contributed by atoms with Crippen molar-refractivity contribution in [3.05, 3.63) is 44.5 Å². The van der Waals surface area contributed by atoms with E-state index in [4.69, 9.17) is 0 Å². The van der Waals surface area contributed by atoms with Gasteiger partial charge in [-0.05, 0) is 32.1 Å². The molecule has 0 bridgehead atoms. The van der Waals surface area contributed by atoms with Crippen molar-refractivity contribution < 1.29 is 24.9 Å². The van der Waals surface area contributed by atoms with Gasteiger partial charge in [-0.3, -0.25) is 20.2 Å². The summed E-state index contributed by atoms with van der Waals surface area (Å²) < 4.78 is 0. The van der Waals surface area contributed by atoms with E-state index in [-0.39, 0.29) is 12.8 Å². The van der Waals surface area contributed by atoms with Crippen LogP contribution in [0.4, 0.5) is 0 Å². The highest BCUT2D eigenvalue weighted by atomic mass is 16.6. The molecule has 0 rings (SSSR count). The van der Waals surface area contributed by atoms with Crippen molar-refractivity contribution in [3.8, 4) is 0 Å². The molecule has 9 nitrogen and oxygen atoms in total. The maximum Gasteiger partial charge on any atom is 0.242 e. The van der Waals surface area contributed by atoms with Gasteiger partial charge in [-0.25, -0.2) is 0 Å². The normalized spacial score (nSPS) is 16.0. The van der Waals surface area contributed by atoms with Gasteiger partial charge < -0.3 is 15.0 Å². The minimum Gasteiger partial charge on any atom is -0.386 e. The highest BCUT2D eigenvalue weighted by Crippen LogP contribution is 2.17. The van der Waals surface area contributed by atoms with Crippen LogP contribution in [0.3, 0.4) is 0 Å². The number of nitrogens with zero attached hydrogens (tertiary/aromatic N) is 2. The Morgan fingerprint density at radius 2 is 1.38 bits per heavy atom. The molecule has 2 N–H and O–H groups in total. The van der Waals surface area contributed by atoms with E-state index >= 15 is 0 Å².